The Hall–Kier alpha value is -2.68. The average Bonchev–Trinajstić information content (AvgIpc) is 2.72. The lowest BCUT2D eigenvalue weighted by Crippen LogP contribution is -2.62. The number of nitrogens with one attached hydrogen (secondary N) is 1. The molecule has 2 aromatic rings. The van der Waals surface area contributed by atoms with Crippen molar-refractivity contribution in [1.82, 2.24) is 10.2 Å². The predicted octanol–water partition coefficient (Wildman–Crippen LogP) is 3.05. The number of carbonyl (C=O) groups is 1. The molecule has 2 fully saturated rings. The van der Waals surface area contributed by atoms with Gasteiger partial charge in [-0.1, -0.05) is 50.0 Å². The van der Waals surface area contributed by atoms with E-state index in [0.717, 1.165) is 25.8 Å². The van der Waals surface area contributed by atoms with Gasteiger partial charge in [-0.05, 0) is 36.8 Å². The van der Waals surface area contributed by atoms with Gasteiger partial charge in [-0.3, -0.25) is 4.79 Å². The highest BCUT2D eigenvalue weighted by Crippen LogP contribution is 2.18. The third kappa shape index (κ3) is 7.51. The number of aliphatic hydroxyl groups is 1. The molecule has 0 spiro atoms. The Morgan fingerprint density at radius 3 is 2.21 bits per heavy atom. The predicted molar refractivity (Wildman–Crippen MR) is 111 cm³/mol. The molecule has 28 heavy (non-hydrogen) atoms. The highest BCUT2D eigenvalue weighted by Gasteiger charge is 2.34. The number of aliphatic hydroxyl groups excluding tert-OH is 1. The van der Waals surface area contributed by atoms with Crippen molar-refractivity contribution in [2.24, 2.45) is 0 Å². The monoisotopic (exact) mass is 384 g/mol. The van der Waals surface area contributed by atoms with Crippen molar-refractivity contribution < 1.29 is 14.3 Å². The van der Waals surface area contributed by atoms with Crippen LogP contribution in [0.3, 0.4) is 0 Å². The van der Waals surface area contributed by atoms with E-state index in [1.165, 1.54) is 18.6 Å². The summed E-state index contributed by atoms with van der Waals surface area (Å²) < 4.78 is 12.8. The van der Waals surface area contributed by atoms with Gasteiger partial charge in [-0.2, -0.15) is 0 Å². The molecule has 2 N–H and O–H groups in total. The molecule has 150 valence electrons. The quantitative estimate of drug-likeness (QED) is 0.687. The van der Waals surface area contributed by atoms with Crippen molar-refractivity contribution in [3.05, 3.63) is 71.5 Å². The molecule has 1 amide bonds. The summed E-state index contributed by atoms with van der Waals surface area (Å²) in [6.45, 7) is 6.55. The number of rotatable bonds is 0. The number of hydrogen-bond acceptors (Lipinski definition) is 3. The number of carbonyl (C=O) groups excluding carboxylic acids is 1. The van der Waals surface area contributed by atoms with E-state index in [1.54, 1.807) is 12.1 Å². The Labute approximate surface area is 167 Å². The Bertz CT molecular complexity index is 769. The first kappa shape index (κ1) is 23.4. The van der Waals surface area contributed by atoms with E-state index in [9.17, 15) is 9.18 Å². The lowest BCUT2D eigenvalue weighted by Gasteiger charge is -2.44. The number of benzene rings is 2. The molecule has 2 aliphatic heterocycles. The van der Waals surface area contributed by atoms with Crippen LogP contribution in [0.5, 0.6) is 0 Å². The summed E-state index contributed by atoms with van der Waals surface area (Å²) in [6, 6.07) is 16.5. The zero-order valence-corrected chi connectivity index (χ0v) is 16.8. The van der Waals surface area contributed by atoms with E-state index >= 15 is 0 Å². The van der Waals surface area contributed by atoms with E-state index < -0.39 is 0 Å². The molecular formula is C23H29FN2O2. The van der Waals surface area contributed by atoms with Crippen molar-refractivity contribution in [3.63, 3.8) is 0 Å². The van der Waals surface area contributed by atoms with E-state index in [0.29, 0.717) is 18.2 Å². The zero-order valence-electron chi connectivity index (χ0n) is 16.8. The fraction of sp³-hybridized carbons (Fsp3) is 0.348. The second kappa shape index (κ2) is 13.5. The molecule has 2 heterocycles. The van der Waals surface area contributed by atoms with Crippen LogP contribution in [0.25, 0.3) is 0 Å². The van der Waals surface area contributed by atoms with Crippen LogP contribution in [0.15, 0.2) is 54.6 Å². The minimum atomic E-state index is -0.255. The molecule has 5 heteroatoms. The van der Waals surface area contributed by atoms with E-state index in [1.807, 2.05) is 49.1 Å². The van der Waals surface area contributed by atoms with Crippen molar-refractivity contribution in [2.75, 3.05) is 26.7 Å². The topological polar surface area (TPSA) is 52.6 Å². The van der Waals surface area contributed by atoms with Crippen LogP contribution in [0, 0.1) is 17.7 Å². The molecular weight excluding hydrogens is 355 g/mol. The number of amides is 1. The fourth-order valence-electron chi connectivity index (χ4n) is 2.66. The zero-order chi connectivity index (χ0) is 20.8. The lowest BCUT2D eigenvalue weighted by atomic mass is 10.0. The number of fused-ring (bicyclic) bond motifs is 1. The minimum absolute atomic E-state index is 0.255. The maximum absolute atomic E-state index is 12.8. The molecule has 2 aromatic carbocycles. The number of hydrogen-bond donors (Lipinski definition) is 2. The first-order valence-corrected chi connectivity index (χ1v) is 9.50. The molecule has 2 saturated heterocycles. The van der Waals surface area contributed by atoms with Crippen LogP contribution in [0.4, 0.5) is 4.39 Å². The van der Waals surface area contributed by atoms with Gasteiger partial charge in [0.15, 0.2) is 0 Å². The van der Waals surface area contributed by atoms with Crippen molar-refractivity contribution >= 4 is 5.91 Å². The van der Waals surface area contributed by atoms with Crippen LogP contribution in [-0.2, 0) is 4.79 Å². The van der Waals surface area contributed by atoms with Gasteiger partial charge >= 0.3 is 0 Å². The summed E-state index contributed by atoms with van der Waals surface area (Å²) >= 11 is 0. The maximum Gasteiger partial charge on any atom is 0.236 e. The molecule has 0 radical (unpaired) electrons. The average molecular weight is 384 g/mol. The summed E-state index contributed by atoms with van der Waals surface area (Å²) in [5.74, 6) is 5.90. The Morgan fingerprint density at radius 2 is 1.68 bits per heavy atom. The summed E-state index contributed by atoms with van der Waals surface area (Å²) in [6.07, 6.45) is 1.19. The van der Waals surface area contributed by atoms with Gasteiger partial charge < -0.3 is 15.3 Å². The van der Waals surface area contributed by atoms with Crippen molar-refractivity contribution in [1.29, 1.82) is 0 Å². The highest BCUT2D eigenvalue weighted by atomic mass is 19.1. The molecule has 4 rings (SSSR count). The fourth-order valence-corrected chi connectivity index (χ4v) is 2.66. The van der Waals surface area contributed by atoms with Crippen LogP contribution in [0.2, 0.25) is 0 Å². The third-order valence-corrected chi connectivity index (χ3v) is 4.07. The second-order valence-corrected chi connectivity index (χ2v) is 5.79. The van der Waals surface area contributed by atoms with Gasteiger partial charge in [0.25, 0.3) is 0 Å². The Balaban J connectivity index is 0.000000257. The highest BCUT2D eigenvalue weighted by molar-refractivity contribution is 5.80. The van der Waals surface area contributed by atoms with Crippen molar-refractivity contribution in [2.45, 2.75) is 26.3 Å². The van der Waals surface area contributed by atoms with E-state index in [2.05, 4.69) is 17.2 Å². The largest absolute Gasteiger partial charge is 0.400 e. The van der Waals surface area contributed by atoms with Gasteiger partial charge in [-0.25, -0.2) is 4.39 Å². The first-order valence-electron chi connectivity index (χ1n) is 9.50. The van der Waals surface area contributed by atoms with Crippen LogP contribution in [0.1, 0.15) is 31.4 Å². The molecule has 0 aromatic heterocycles. The van der Waals surface area contributed by atoms with Gasteiger partial charge in [0.1, 0.15) is 5.82 Å². The van der Waals surface area contributed by atoms with Crippen LogP contribution >= 0.6 is 0 Å². The van der Waals surface area contributed by atoms with Gasteiger partial charge in [0, 0.05) is 37.4 Å². The molecule has 0 aliphatic carbocycles. The van der Waals surface area contributed by atoms with Crippen LogP contribution in [-0.4, -0.2) is 48.7 Å². The molecule has 2 aliphatic rings. The lowest BCUT2D eigenvalue weighted by molar-refractivity contribution is -0.140. The molecule has 1 unspecified atom stereocenters. The smallest absolute Gasteiger partial charge is 0.236 e. The van der Waals surface area contributed by atoms with E-state index in [4.69, 9.17) is 5.11 Å². The second-order valence-electron chi connectivity index (χ2n) is 5.79. The number of piperazine rings is 1. The third-order valence-electron chi connectivity index (χ3n) is 4.07. The molecule has 0 bridgehead atoms. The normalized spacial score (nSPS) is 16.1. The van der Waals surface area contributed by atoms with Crippen LogP contribution < -0.4 is 5.32 Å². The first-order chi connectivity index (χ1) is 13.7. The van der Waals surface area contributed by atoms with Crippen molar-refractivity contribution in [3.8, 4) is 11.8 Å². The standard InChI is InChI=1S/C14H9F.C6H10N2O.C2H6.CH4O/c15-14-8-4-7-13(11-14)10-9-12-5-2-1-3-6-12;9-6-4-7-3-5-1-2-8(5)6;2*1-2/h1-8,11H;5,7H,1-4H2;1-2H3;2H,1H3. The summed E-state index contributed by atoms with van der Waals surface area (Å²) in [5.41, 5.74) is 1.63. The molecule has 1 atom stereocenters. The Kier molecular flexibility index (Phi) is 11.2. The SMILES string of the molecule is CC.CO.Fc1cccc(C#Cc2ccccc2)c1.O=C1CNCC2CCN12. The maximum atomic E-state index is 12.8. The summed E-state index contributed by atoms with van der Waals surface area (Å²) in [7, 11) is 1.00. The Morgan fingerprint density at radius 1 is 1.04 bits per heavy atom. The van der Waals surface area contributed by atoms with Gasteiger partial charge in [0.2, 0.25) is 5.91 Å². The van der Waals surface area contributed by atoms with Gasteiger partial charge in [0.05, 0.1) is 6.54 Å². The van der Waals surface area contributed by atoms with E-state index in [-0.39, 0.29) is 11.7 Å². The molecule has 4 nitrogen and oxygen atoms in total. The molecule has 0 saturated carbocycles. The van der Waals surface area contributed by atoms with Gasteiger partial charge in [-0.15, -0.1) is 0 Å². The number of halogens is 1. The number of nitrogens with zero attached hydrogens (tertiary/aromatic N) is 1. The summed E-state index contributed by atoms with van der Waals surface area (Å²) in [4.78, 5) is 12.9. The minimum Gasteiger partial charge on any atom is -0.400 e. The summed E-state index contributed by atoms with van der Waals surface area (Å²) in [5, 5.41) is 10.1.